The maximum absolute atomic E-state index is 11.9. The minimum Gasteiger partial charge on any atom is -0.445 e. The lowest BCUT2D eigenvalue weighted by molar-refractivity contribution is 0.102. The number of likely N-dealkylation sites (tertiary alicyclic amines) is 1. The number of amides is 1. The Hall–Kier alpha value is -1.55. The third-order valence-electron chi connectivity index (χ3n) is 3.85. The molecule has 0 aromatic heterocycles. The lowest BCUT2D eigenvalue weighted by atomic mass is 10.0. The summed E-state index contributed by atoms with van der Waals surface area (Å²) in [5, 5.41) is 3.36. The molecule has 1 aromatic rings. The van der Waals surface area contributed by atoms with E-state index in [9.17, 15) is 4.79 Å². The normalized spacial score (nSPS) is 26.1. The SMILES string of the molecule is O=C(OCc1ccccc1)N1C[C@@H]2CNC[C@H]2C1. The Labute approximate surface area is 107 Å². The van der Waals surface area contributed by atoms with Crippen LogP contribution in [0.25, 0.3) is 0 Å². The number of nitrogens with one attached hydrogen (secondary N) is 1. The van der Waals surface area contributed by atoms with Gasteiger partial charge in [0.05, 0.1) is 0 Å². The van der Waals surface area contributed by atoms with Crippen LogP contribution >= 0.6 is 0 Å². The van der Waals surface area contributed by atoms with Gasteiger partial charge in [0.1, 0.15) is 6.61 Å². The molecule has 4 nitrogen and oxygen atoms in total. The third kappa shape index (κ3) is 2.34. The highest BCUT2D eigenvalue weighted by molar-refractivity contribution is 5.68. The standard InChI is InChI=1S/C14H18N2O2/c17-14(18-10-11-4-2-1-3-5-11)16-8-12-6-15-7-13(12)9-16/h1-5,12-13,15H,6-10H2/t12-,13-/m0/s1. The lowest BCUT2D eigenvalue weighted by Gasteiger charge is -2.17. The molecule has 0 radical (unpaired) electrons. The van der Waals surface area contributed by atoms with Gasteiger partial charge < -0.3 is 15.0 Å². The van der Waals surface area contributed by atoms with Gasteiger partial charge in [-0.15, -0.1) is 0 Å². The summed E-state index contributed by atoms with van der Waals surface area (Å²) >= 11 is 0. The molecule has 0 aliphatic carbocycles. The van der Waals surface area contributed by atoms with Crippen molar-refractivity contribution in [2.24, 2.45) is 11.8 Å². The van der Waals surface area contributed by atoms with Crippen molar-refractivity contribution in [2.45, 2.75) is 6.61 Å². The van der Waals surface area contributed by atoms with Crippen molar-refractivity contribution >= 4 is 6.09 Å². The second-order valence-corrected chi connectivity index (χ2v) is 5.12. The Morgan fingerprint density at radius 3 is 2.56 bits per heavy atom. The molecule has 0 spiro atoms. The molecule has 2 saturated heterocycles. The van der Waals surface area contributed by atoms with Crippen LogP contribution in [0.2, 0.25) is 0 Å². The molecule has 0 saturated carbocycles. The molecule has 2 aliphatic rings. The quantitative estimate of drug-likeness (QED) is 0.859. The fraction of sp³-hybridized carbons (Fsp3) is 0.500. The van der Waals surface area contributed by atoms with Gasteiger partial charge in [0, 0.05) is 26.2 Å². The van der Waals surface area contributed by atoms with Crippen LogP contribution in [0.1, 0.15) is 5.56 Å². The smallest absolute Gasteiger partial charge is 0.410 e. The molecule has 2 atom stereocenters. The first-order valence-corrected chi connectivity index (χ1v) is 6.49. The minimum atomic E-state index is -0.173. The highest BCUT2D eigenvalue weighted by atomic mass is 16.6. The van der Waals surface area contributed by atoms with E-state index in [4.69, 9.17) is 4.74 Å². The van der Waals surface area contributed by atoms with Gasteiger partial charge in [-0.2, -0.15) is 0 Å². The average Bonchev–Trinajstić information content (AvgIpc) is 2.98. The van der Waals surface area contributed by atoms with Gasteiger partial charge in [-0.1, -0.05) is 30.3 Å². The first-order chi connectivity index (χ1) is 8.83. The summed E-state index contributed by atoms with van der Waals surface area (Å²) in [4.78, 5) is 13.8. The van der Waals surface area contributed by atoms with Crippen molar-refractivity contribution < 1.29 is 9.53 Å². The molecule has 18 heavy (non-hydrogen) atoms. The first-order valence-electron chi connectivity index (χ1n) is 6.49. The highest BCUT2D eigenvalue weighted by Crippen LogP contribution is 2.26. The fourth-order valence-corrected chi connectivity index (χ4v) is 2.82. The number of hydrogen-bond donors (Lipinski definition) is 1. The summed E-state index contributed by atoms with van der Waals surface area (Å²) in [5.41, 5.74) is 1.03. The van der Waals surface area contributed by atoms with Crippen LogP contribution in [0.3, 0.4) is 0 Å². The van der Waals surface area contributed by atoms with Crippen molar-refractivity contribution in [3.63, 3.8) is 0 Å². The van der Waals surface area contributed by atoms with Gasteiger partial charge in [-0.05, 0) is 17.4 Å². The van der Waals surface area contributed by atoms with Crippen LogP contribution in [0.4, 0.5) is 4.79 Å². The van der Waals surface area contributed by atoms with Crippen LogP contribution in [0, 0.1) is 11.8 Å². The molecular weight excluding hydrogens is 228 g/mol. The van der Waals surface area contributed by atoms with Crippen LogP contribution in [-0.4, -0.2) is 37.2 Å². The van der Waals surface area contributed by atoms with E-state index in [1.807, 2.05) is 35.2 Å². The maximum Gasteiger partial charge on any atom is 0.410 e. The van der Waals surface area contributed by atoms with E-state index in [0.717, 1.165) is 31.7 Å². The molecule has 3 rings (SSSR count). The molecule has 2 heterocycles. The Balaban J connectivity index is 1.50. The zero-order valence-corrected chi connectivity index (χ0v) is 10.3. The Morgan fingerprint density at radius 1 is 1.22 bits per heavy atom. The van der Waals surface area contributed by atoms with Gasteiger partial charge in [0.25, 0.3) is 0 Å². The number of benzene rings is 1. The van der Waals surface area contributed by atoms with E-state index in [-0.39, 0.29) is 6.09 Å². The number of rotatable bonds is 2. The maximum atomic E-state index is 11.9. The summed E-state index contributed by atoms with van der Waals surface area (Å²) in [6.07, 6.45) is -0.173. The molecule has 96 valence electrons. The fourth-order valence-electron chi connectivity index (χ4n) is 2.82. The van der Waals surface area contributed by atoms with E-state index >= 15 is 0 Å². The molecule has 1 N–H and O–H groups in total. The summed E-state index contributed by atoms with van der Waals surface area (Å²) in [6.45, 7) is 4.11. The zero-order chi connectivity index (χ0) is 12.4. The second kappa shape index (κ2) is 4.98. The highest BCUT2D eigenvalue weighted by Gasteiger charge is 2.38. The summed E-state index contributed by atoms with van der Waals surface area (Å²) < 4.78 is 5.34. The van der Waals surface area contributed by atoms with Crippen molar-refractivity contribution in [1.29, 1.82) is 0 Å². The van der Waals surface area contributed by atoms with E-state index in [0.29, 0.717) is 18.4 Å². The number of carbonyl (C=O) groups is 1. The topological polar surface area (TPSA) is 41.6 Å². The molecule has 0 unspecified atom stereocenters. The largest absolute Gasteiger partial charge is 0.445 e. The number of ether oxygens (including phenoxy) is 1. The lowest BCUT2D eigenvalue weighted by Crippen LogP contribution is -2.32. The molecule has 4 heteroatoms. The van der Waals surface area contributed by atoms with Crippen molar-refractivity contribution in [3.05, 3.63) is 35.9 Å². The molecule has 2 fully saturated rings. The van der Waals surface area contributed by atoms with Crippen molar-refractivity contribution in [2.75, 3.05) is 26.2 Å². The molecule has 1 aromatic carbocycles. The summed E-state index contributed by atoms with van der Waals surface area (Å²) in [7, 11) is 0. The van der Waals surface area contributed by atoms with E-state index < -0.39 is 0 Å². The van der Waals surface area contributed by atoms with Gasteiger partial charge in [0.15, 0.2) is 0 Å². The Bertz CT molecular complexity index is 409. The van der Waals surface area contributed by atoms with Crippen LogP contribution < -0.4 is 5.32 Å². The van der Waals surface area contributed by atoms with Crippen LogP contribution in [-0.2, 0) is 11.3 Å². The number of carbonyl (C=O) groups excluding carboxylic acids is 1. The molecular formula is C14H18N2O2. The Kier molecular flexibility index (Phi) is 3.19. The first kappa shape index (κ1) is 11.5. The Morgan fingerprint density at radius 2 is 1.89 bits per heavy atom. The second-order valence-electron chi connectivity index (χ2n) is 5.12. The van der Waals surface area contributed by atoms with Crippen LogP contribution in [0.5, 0.6) is 0 Å². The van der Waals surface area contributed by atoms with E-state index in [2.05, 4.69) is 5.32 Å². The predicted octanol–water partition coefficient (Wildman–Crippen LogP) is 1.47. The van der Waals surface area contributed by atoms with Crippen molar-refractivity contribution in [3.8, 4) is 0 Å². The number of fused-ring (bicyclic) bond motifs is 1. The zero-order valence-electron chi connectivity index (χ0n) is 10.3. The van der Waals surface area contributed by atoms with Gasteiger partial charge >= 0.3 is 6.09 Å². The van der Waals surface area contributed by atoms with Gasteiger partial charge in [0.2, 0.25) is 0 Å². The minimum absolute atomic E-state index is 0.173. The third-order valence-corrected chi connectivity index (χ3v) is 3.85. The average molecular weight is 246 g/mol. The summed E-state index contributed by atoms with van der Waals surface area (Å²) in [5.74, 6) is 1.24. The number of hydrogen-bond acceptors (Lipinski definition) is 3. The monoisotopic (exact) mass is 246 g/mol. The molecule has 0 bridgehead atoms. The number of nitrogens with zero attached hydrogens (tertiary/aromatic N) is 1. The van der Waals surface area contributed by atoms with Gasteiger partial charge in [-0.3, -0.25) is 0 Å². The molecule has 2 aliphatic heterocycles. The van der Waals surface area contributed by atoms with Crippen LogP contribution in [0.15, 0.2) is 30.3 Å². The summed E-state index contributed by atoms with van der Waals surface area (Å²) in [6, 6.07) is 9.80. The molecule has 1 amide bonds. The van der Waals surface area contributed by atoms with Gasteiger partial charge in [-0.25, -0.2) is 4.79 Å². The van der Waals surface area contributed by atoms with Crippen molar-refractivity contribution in [1.82, 2.24) is 10.2 Å². The predicted molar refractivity (Wildman–Crippen MR) is 68.0 cm³/mol. The van der Waals surface area contributed by atoms with E-state index in [1.54, 1.807) is 0 Å². The van der Waals surface area contributed by atoms with E-state index in [1.165, 1.54) is 0 Å².